The van der Waals surface area contributed by atoms with Crippen molar-refractivity contribution in [3.05, 3.63) is 118 Å². The molecule has 0 spiro atoms. The average Bonchev–Trinajstić information content (AvgIpc) is 2.70. The highest BCUT2D eigenvalue weighted by atomic mass is 127. The van der Waals surface area contributed by atoms with E-state index in [1.165, 1.54) is 0 Å². The van der Waals surface area contributed by atoms with Crippen molar-refractivity contribution in [3.8, 4) is 0 Å². The topological polar surface area (TPSA) is 9.23 Å². The second-order valence-corrected chi connectivity index (χ2v) is 6.50. The van der Waals surface area contributed by atoms with E-state index in [9.17, 15) is 0 Å². The third-order valence-corrected chi connectivity index (χ3v) is 4.74. The third-order valence-electron chi connectivity index (χ3n) is 4.23. The maximum atomic E-state index is 6.64. The molecule has 0 radical (unpaired) electrons. The van der Waals surface area contributed by atoms with Crippen LogP contribution in [0.2, 0.25) is 0 Å². The van der Waals surface area contributed by atoms with E-state index >= 15 is 0 Å². The van der Waals surface area contributed by atoms with Crippen molar-refractivity contribution in [2.24, 2.45) is 0 Å². The van der Waals surface area contributed by atoms with E-state index < -0.39 is 5.60 Å². The summed E-state index contributed by atoms with van der Waals surface area (Å²) in [5.74, 6) is 0. The highest BCUT2D eigenvalue weighted by Gasteiger charge is 2.37. The molecular formula is C23H21IO. The molecule has 0 aromatic heterocycles. The molecule has 0 atom stereocenters. The molecule has 3 aromatic rings. The van der Waals surface area contributed by atoms with Crippen molar-refractivity contribution in [2.75, 3.05) is 6.61 Å². The summed E-state index contributed by atoms with van der Waals surface area (Å²) < 4.78 is 8.67. The summed E-state index contributed by atoms with van der Waals surface area (Å²) in [5, 5.41) is 0. The summed E-state index contributed by atoms with van der Waals surface area (Å²) >= 11 is 2.25. The van der Waals surface area contributed by atoms with Crippen LogP contribution in [0.4, 0.5) is 0 Å². The largest absolute Gasteiger partial charge is 0.361 e. The number of halogens is 1. The van der Waals surface area contributed by atoms with Crippen molar-refractivity contribution in [2.45, 2.75) is 12.0 Å². The standard InChI is InChI=1S/C23H21IO/c24-18-10-11-19-25-23(20-12-4-1-5-13-20,21-14-6-2-7-15-21)22-16-8-3-9-17-22/h1-10,12-18H,11,19H2/b18-10+. The van der Waals surface area contributed by atoms with E-state index in [0.29, 0.717) is 6.61 Å². The molecule has 126 valence electrons. The number of rotatable bonds is 7. The number of hydrogen-bond acceptors (Lipinski definition) is 1. The summed E-state index contributed by atoms with van der Waals surface area (Å²) in [5.41, 5.74) is 2.82. The summed E-state index contributed by atoms with van der Waals surface area (Å²) in [6, 6.07) is 31.5. The van der Waals surface area contributed by atoms with Crippen LogP contribution in [0.15, 0.2) is 101 Å². The zero-order valence-electron chi connectivity index (χ0n) is 14.0. The molecule has 25 heavy (non-hydrogen) atoms. The zero-order chi connectivity index (χ0) is 17.4. The molecular weight excluding hydrogens is 419 g/mol. The van der Waals surface area contributed by atoms with Gasteiger partial charge in [0.25, 0.3) is 0 Å². The van der Waals surface area contributed by atoms with Gasteiger partial charge in [0, 0.05) is 0 Å². The summed E-state index contributed by atoms with van der Waals surface area (Å²) in [6.07, 6.45) is 3.02. The van der Waals surface area contributed by atoms with Crippen LogP contribution in [-0.2, 0) is 10.3 Å². The minimum atomic E-state index is -0.608. The van der Waals surface area contributed by atoms with Crippen LogP contribution < -0.4 is 0 Å². The maximum absolute atomic E-state index is 6.64. The van der Waals surface area contributed by atoms with E-state index in [1.54, 1.807) is 0 Å². The van der Waals surface area contributed by atoms with Gasteiger partial charge in [-0.3, -0.25) is 0 Å². The monoisotopic (exact) mass is 440 g/mol. The molecule has 0 heterocycles. The van der Waals surface area contributed by atoms with Gasteiger partial charge in [-0.2, -0.15) is 0 Å². The lowest BCUT2D eigenvalue weighted by Crippen LogP contribution is -2.33. The molecule has 0 amide bonds. The first-order valence-corrected chi connectivity index (χ1v) is 9.68. The SMILES string of the molecule is I/C=C/CCOC(c1ccccc1)(c1ccccc1)c1ccccc1. The second kappa shape index (κ2) is 8.97. The number of hydrogen-bond donors (Lipinski definition) is 0. The molecule has 0 unspecified atom stereocenters. The second-order valence-electron chi connectivity index (χ2n) is 5.78. The van der Waals surface area contributed by atoms with Gasteiger partial charge in [0.15, 0.2) is 0 Å². The first kappa shape index (κ1) is 17.9. The van der Waals surface area contributed by atoms with Gasteiger partial charge in [0.1, 0.15) is 5.60 Å². The van der Waals surface area contributed by atoms with Crippen molar-refractivity contribution < 1.29 is 4.74 Å². The molecule has 1 nitrogen and oxygen atoms in total. The van der Waals surface area contributed by atoms with Gasteiger partial charge in [-0.15, -0.1) is 0 Å². The first-order valence-electron chi connectivity index (χ1n) is 8.43. The summed E-state index contributed by atoms with van der Waals surface area (Å²) in [6.45, 7) is 0.651. The molecule has 0 aliphatic carbocycles. The van der Waals surface area contributed by atoms with E-state index in [2.05, 4.69) is 101 Å². The maximum Gasteiger partial charge on any atom is 0.143 e. The van der Waals surface area contributed by atoms with E-state index in [0.717, 1.165) is 23.1 Å². The van der Waals surface area contributed by atoms with E-state index in [-0.39, 0.29) is 0 Å². The number of benzene rings is 3. The van der Waals surface area contributed by atoms with E-state index in [1.807, 2.05) is 22.3 Å². The van der Waals surface area contributed by atoms with Crippen LogP contribution in [0.1, 0.15) is 23.1 Å². The molecule has 0 fully saturated rings. The predicted octanol–water partition coefficient (Wildman–Crippen LogP) is 6.33. The summed E-state index contributed by atoms with van der Waals surface area (Å²) in [7, 11) is 0. The lowest BCUT2D eigenvalue weighted by Gasteiger charge is -2.36. The molecule has 0 bridgehead atoms. The molecule has 2 heteroatoms. The highest BCUT2D eigenvalue weighted by Crippen LogP contribution is 2.40. The van der Waals surface area contributed by atoms with Crippen molar-refractivity contribution >= 4 is 22.6 Å². The Labute approximate surface area is 163 Å². The highest BCUT2D eigenvalue weighted by molar-refractivity contribution is 14.1. The fourth-order valence-corrected chi connectivity index (χ4v) is 3.47. The molecule has 0 saturated heterocycles. The molecule has 0 N–H and O–H groups in total. The fourth-order valence-electron chi connectivity index (χ4n) is 3.11. The van der Waals surface area contributed by atoms with Crippen LogP contribution >= 0.6 is 22.6 Å². The Bertz CT molecular complexity index is 685. The van der Waals surface area contributed by atoms with Crippen LogP contribution in [0.25, 0.3) is 0 Å². The molecule has 0 aliphatic rings. The Morgan fingerprint density at radius 2 is 1.08 bits per heavy atom. The smallest absolute Gasteiger partial charge is 0.143 e. The van der Waals surface area contributed by atoms with Gasteiger partial charge >= 0.3 is 0 Å². The Kier molecular flexibility index (Phi) is 6.42. The Morgan fingerprint density at radius 1 is 0.680 bits per heavy atom. The van der Waals surface area contributed by atoms with Crippen LogP contribution in [0, 0.1) is 0 Å². The van der Waals surface area contributed by atoms with Crippen molar-refractivity contribution in [3.63, 3.8) is 0 Å². The normalized spacial score (nSPS) is 11.7. The Morgan fingerprint density at radius 3 is 1.44 bits per heavy atom. The molecule has 3 aromatic carbocycles. The van der Waals surface area contributed by atoms with E-state index in [4.69, 9.17) is 4.74 Å². The van der Waals surface area contributed by atoms with Crippen LogP contribution in [-0.4, -0.2) is 6.61 Å². The Balaban J connectivity index is 2.16. The van der Waals surface area contributed by atoms with Crippen molar-refractivity contribution in [1.29, 1.82) is 0 Å². The zero-order valence-corrected chi connectivity index (χ0v) is 16.2. The lowest BCUT2D eigenvalue weighted by atomic mass is 9.80. The first-order chi connectivity index (χ1) is 12.4. The van der Waals surface area contributed by atoms with Gasteiger partial charge < -0.3 is 4.74 Å². The summed E-state index contributed by atoms with van der Waals surface area (Å²) in [4.78, 5) is 0. The van der Waals surface area contributed by atoms with Gasteiger partial charge in [-0.25, -0.2) is 0 Å². The number of ether oxygens (including phenoxy) is 1. The van der Waals surface area contributed by atoms with Gasteiger partial charge in [-0.1, -0.05) is 120 Å². The fraction of sp³-hybridized carbons (Fsp3) is 0.130. The third kappa shape index (κ3) is 4.02. The van der Waals surface area contributed by atoms with Gasteiger partial charge in [-0.05, 0) is 27.2 Å². The van der Waals surface area contributed by atoms with Crippen LogP contribution in [0.3, 0.4) is 0 Å². The Hall–Kier alpha value is -1.91. The van der Waals surface area contributed by atoms with Gasteiger partial charge in [0.2, 0.25) is 0 Å². The molecule has 0 aliphatic heterocycles. The lowest BCUT2D eigenvalue weighted by molar-refractivity contribution is 0.0157. The minimum absolute atomic E-state index is 0.608. The predicted molar refractivity (Wildman–Crippen MR) is 113 cm³/mol. The molecule has 0 saturated carbocycles. The molecule has 3 rings (SSSR count). The minimum Gasteiger partial charge on any atom is -0.361 e. The van der Waals surface area contributed by atoms with Gasteiger partial charge in [0.05, 0.1) is 6.61 Å². The van der Waals surface area contributed by atoms with Crippen molar-refractivity contribution in [1.82, 2.24) is 0 Å². The average molecular weight is 440 g/mol. The van der Waals surface area contributed by atoms with Crippen LogP contribution in [0.5, 0.6) is 0 Å². The quantitative estimate of drug-likeness (QED) is 0.237.